The maximum atomic E-state index is 12.6. The lowest BCUT2D eigenvalue weighted by Gasteiger charge is -2.20. The monoisotopic (exact) mass is 772 g/mol. The number of phosphoric ester groups is 1. The van der Waals surface area contributed by atoms with Crippen LogP contribution >= 0.6 is 7.82 Å². The number of phosphoric acid groups is 1. The first kappa shape index (κ1) is 51.5. The Labute approximate surface area is 326 Å². The van der Waals surface area contributed by atoms with E-state index in [1.807, 2.05) is 19.0 Å². The van der Waals surface area contributed by atoms with Gasteiger partial charge in [-0.3, -0.25) is 18.6 Å². The van der Waals surface area contributed by atoms with E-state index < -0.39 is 26.5 Å². The second kappa shape index (κ2) is 38.8. The lowest BCUT2D eigenvalue weighted by Crippen LogP contribution is -2.29. The van der Waals surface area contributed by atoms with Crippen molar-refractivity contribution in [1.29, 1.82) is 0 Å². The van der Waals surface area contributed by atoms with Crippen molar-refractivity contribution in [3.8, 4) is 0 Å². The summed E-state index contributed by atoms with van der Waals surface area (Å²) in [5.74, 6) is -0.818. The fourth-order valence-corrected chi connectivity index (χ4v) is 6.59. The maximum Gasteiger partial charge on any atom is 0.472 e. The Morgan fingerprint density at radius 3 is 1.40 bits per heavy atom. The second-order valence-corrected chi connectivity index (χ2v) is 16.3. The van der Waals surface area contributed by atoms with Gasteiger partial charge in [0.15, 0.2) is 6.10 Å². The summed E-state index contributed by atoms with van der Waals surface area (Å²) < 4.78 is 33.4. The number of carbonyl (C=O) groups is 2. The van der Waals surface area contributed by atoms with Gasteiger partial charge in [-0.2, -0.15) is 0 Å². The van der Waals surface area contributed by atoms with Crippen molar-refractivity contribution in [2.75, 3.05) is 40.5 Å². The van der Waals surface area contributed by atoms with Crippen molar-refractivity contribution in [2.24, 2.45) is 0 Å². The second-order valence-electron chi connectivity index (χ2n) is 14.9. The quantitative estimate of drug-likeness (QED) is 0.0281. The first-order valence-electron chi connectivity index (χ1n) is 21.6. The Morgan fingerprint density at radius 1 is 0.566 bits per heavy atom. The molecule has 0 aromatic carbocycles. The molecule has 0 heterocycles. The number of carbonyl (C=O) groups excluding carboxylic acids is 2. The topological polar surface area (TPSA) is 112 Å². The molecule has 53 heavy (non-hydrogen) atoms. The lowest BCUT2D eigenvalue weighted by molar-refractivity contribution is -0.161. The summed E-state index contributed by atoms with van der Waals surface area (Å²) in [6.45, 7) is 4.30. The predicted molar refractivity (Wildman–Crippen MR) is 220 cm³/mol. The average Bonchev–Trinajstić information content (AvgIpc) is 3.12. The number of ether oxygens (including phenoxy) is 2. The molecule has 0 radical (unpaired) electrons. The highest BCUT2D eigenvalue weighted by molar-refractivity contribution is 7.47. The molecule has 0 aromatic rings. The Bertz CT molecular complexity index is 941. The predicted octanol–water partition coefficient (Wildman–Crippen LogP) is 12.2. The van der Waals surface area contributed by atoms with Gasteiger partial charge in [0.25, 0.3) is 0 Å². The van der Waals surface area contributed by atoms with Crippen LogP contribution in [0.4, 0.5) is 0 Å². The molecule has 1 N–H and O–H groups in total. The molecule has 0 rings (SSSR count). The molecule has 10 heteroatoms. The summed E-state index contributed by atoms with van der Waals surface area (Å²) >= 11 is 0. The first-order valence-corrected chi connectivity index (χ1v) is 23.1. The minimum atomic E-state index is -4.36. The van der Waals surface area contributed by atoms with Crippen LogP contribution in [-0.2, 0) is 32.7 Å². The number of nitrogens with zero attached hydrogens (tertiary/aromatic N) is 1. The van der Waals surface area contributed by atoms with Gasteiger partial charge in [0.2, 0.25) is 0 Å². The summed E-state index contributed by atoms with van der Waals surface area (Å²) in [6.07, 6.45) is 39.3. The third-order valence-electron chi connectivity index (χ3n) is 9.23. The van der Waals surface area contributed by atoms with Crippen LogP contribution in [0.15, 0.2) is 24.3 Å². The number of allylic oxidation sites excluding steroid dienone is 4. The summed E-state index contributed by atoms with van der Waals surface area (Å²) in [5, 5.41) is 0. The smallest absolute Gasteiger partial charge is 0.462 e. The van der Waals surface area contributed by atoms with Crippen LogP contribution in [0, 0.1) is 0 Å². The number of unbranched alkanes of at least 4 members (excludes halogenated alkanes) is 22. The van der Waals surface area contributed by atoms with Gasteiger partial charge >= 0.3 is 19.8 Å². The molecular formula is C43H82NO8P. The molecule has 0 saturated heterocycles. The van der Waals surface area contributed by atoms with Gasteiger partial charge in [0.05, 0.1) is 13.2 Å². The van der Waals surface area contributed by atoms with Crippen LogP contribution in [0.3, 0.4) is 0 Å². The van der Waals surface area contributed by atoms with E-state index in [4.69, 9.17) is 18.5 Å². The first-order chi connectivity index (χ1) is 25.7. The molecule has 2 atom stereocenters. The molecular weight excluding hydrogens is 689 g/mol. The van der Waals surface area contributed by atoms with Gasteiger partial charge in [-0.1, -0.05) is 141 Å². The highest BCUT2D eigenvalue weighted by Crippen LogP contribution is 2.43. The summed E-state index contributed by atoms with van der Waals surface area (Å²) in [7, 11) is -0.715. The lowest BCUT2D eigenvalue weighted by atomic mass is 10.1. The molecule has 0 aliphatic heterocycles. The van der Waals surface area contributed by atoms with E-state index in [1.165, 1.54) is 89.9 Å². The summed E-state index contributed by atoms with van der Waals surface area (Å²) in [6, 6.07) is 0. The zero-order chi connectivity index (χ0) is 39.1. The summed E-state index contributed by atoms with van der Waals surface area (Å²) in [4.78, 5) is 37.0. The van der Waals surface area contributed by atoms with Gasteiger partial charge in [-0.25, -0.2) is 4.57 Å². The average molecular weight is 772 g/mol. The molecule has 0 bridgehead atoms. The molecule has 312 valence electrons. The Kier molecular flexibility index (Phi) is 37.6. The normalized spacial score (nSPS) is 13.6. The number of rotatable bonds is 40. The van der Waals surface area contributed by atoms with Gasteiger partial charge < -0.3 is 19.3 Å². The Hall–Kier alpha value is -1.51. The molecule has 0 saturated carbocycles. The Morgan fingerprint density at radius 2 is 0.962 bits per heavy atom. The molecule has 0 aliphatic rings. The fourth-order valence-electron chi connectivity index (χ4n) is 5.85. The number of esters is 2. The molecule has 0 aliphatic carbocycles. The van der Waals surface area contributed by atoms with Crippen molar-refractivity contribution in [2.45, 2.75) is 200 Å². The van der Waals surface area contributed by atoms with E-state index in [9.17, 15) is 19.0 Å². The number of hydrogen-bond donors (Lipinski definition) is 1. The number of hydrogen-bond acceptors (Lipinski definition) is 8. The fraction of sp³-hybridized carbons (Fsp3) is 0.860. The van der Waals surface area contributed by atoms with Crippen molar-refractivity contribution in [3.63, 3.8) is 0 Å². The van der Waals surface area contributed by atoms with Crippen molar-refractivity contribution >= 4 is 19.8 Å². The highest BCUT2D eigenvalue weighted by Gasteiger charge is 2.26. The standard InChI is InChI=1S/C43H82NO8P/c1-5-7-9-11-13-15-17-19-21-23-25-27-29-31-33-35-42(45)49-39-41(40-51-53(47,48)50-38-37-44(3)4)52-43(46)36-34-32-30-28-26-24-22-20-18-16-14-12-10-8-6-2/h19-22,41H,5-18,23-40H2,1-4H3,(H,47,48)/b21-19-,22-20-/t41-/m0/s1. The van der Waals surface area contributed by atoms with E-state index in [0.29, 0.717) is 13.0 Å². The van der Waals surface area contributed by atoms with E-state index in [1.54, 1.807) is 0 Å². The van der Waals surface area contributed by atoms with Crippen molar-refractivity contribution in [1.82, 2.24) is 4.90 Å². The minimum absolute atomic E-state index is 0.00561. The molecule has 0 spiro atoms. The SMILES string of the molecule is CCCCCCCC/C=C\CCCCCCCC(=O)OC[C@@H](COP(=O)(O)OCCN(C)C)OC(=O)CCCCCCC/C=C\CCCCCCCC. The van der Waals surface area contributed by atoms with Gasteiger partial charge in [-0.15, -0.1) is 0 Å². The van der Waals surface area contributed by atoms with Gasteiger partial charge in [0, 0.05) is 19.4 Å². The zero-order valence-corrected chi connectivity index (χ0v) is 35.6. The van der Waals surface area contributed by atoms with Crippen LogP contribution in [0.25, 0.3) is 0 Å². The highest BCUT2D eigenvalue weighted by atomic mass is 31.2. The third kappa shape index (κ3) is 40.0. The zero-order valence-electron chi connectivity index (χ0n) is 34.7. The molecule has 0 fully saturated rings. The van der Waals surface area contributed by atoms with Crippen LogP contribution in [-0.4, -0.2) is 68.3 Å². The molecule has 0 aromatic heterocycles. The number of likely N-dealkylation sites (N-methyl/N-ethyl adjacent to an activating group) is 1. The van der Waals surface area contributed by atoms with E-state index >= 15 is 0 Å². The third-order valence-corrected chi connectivity index (χ3v) is 10.2. The Balaban J connectivity index is 4.32. The van der Waals surface area contributed by atoms with Crippen LogP contribution in [0.1, 0.15) is 194 Å². The maximum absolute atomic E-state index is 12.6. The van der Waals surface area contributed by atoms with Crippen LogP contribution in [0.2, 0.25) is 0 Å². The van der Waals surface area contributed by atoms with Crippen molar-refractivity contribution < 1.29 is 37.6 Å². The van der Waals surface area contributed by atoms with Crippen LogP contribution < -0.4 is 0 Å². The molecule has 9 nitrogen and oxygen atoms in total. The van der Waals surface area contributed by atoms with E-state index in [2.05, 4.69) is 38.2 Å². The van der Waals surface area contributed by atoms with Crippen molar-refractivity contribution in [3.05, 3.63) is 24.3 Å². The van der Waals surface area contributed by atoms with Gasteiger partial charge in [-0.05, 0) is 78.3 Å². The van der Waals surface area contributed by atoms with Gasteiger partial charge in [0.1, 0.15) is 6.61 Å². The van der Waals surface area contributed by atoms with E-state index in [-0.39, 0.29) is 32.0 Å². The summed E-state index contributed by atoms with van der Waals surface area (Å²) in [5.41, 5.74) is 0. The minimum Gasteiger partial charge on any atom is -0.462 e. The molecule has 1 unspecified atom stereocenters. The molecule has 0 amide bonds. The largest absolute Gasteiger partial charge is 0.472 e. The van der Waals surface area contributed by atoms with Crippen LogP contribution in [0.5, 0.6) is 0 Å². The van der Waals surface area contributed by atoms with E-state index in [0.717, 1.165) is 70.6 Å².